The van der Waals surface area contributed by atoms with Crippen molar-refractivity contribution in [3.8, 4) is 5.75 Å². The molecule has 5 aliphatic rings. The number of aryl methyl sites for hydroxylation is 1. The SMILES string of the molecule is O=C1CCC(N2C(=O)c3cc(F)c(C4CCN(CC5CCN(c6ccc([C@@H]7c8ccc(O)cc8CC[C@@H]7c7ccccc7)cc6)CC5)CC4)cc3C2=O)C(=O)N1. The number of likely N-dealkylation sites (tertiary alicyclic amines) is 1. The first-order valence-electron chi connectivity index (χ1n) is 20.2. The first kappa shape index (κ1) is 36.3. The van der Waals surface area contributed by atoms with Crippen molar-refractivity contribution in [1.29, 1.82) is 0 Å². The Bertz CT molecular complexity index is 2180. The van der Waals surface area contributed by atoms with Crippen LogP contribution < -0.4 is 10.2 Å². The van der Waals surface area contributed by atoms with E-state index in [4.69, 9.17) is 0 Å². The van der Waals surface area contributed by atoms with Crippen molar-refractivity contribution in [2.24, 2.45) is 5.92 Å². The second-order valence-electron chi connectivity index (χ2n) is 16.4. The van der Waals surface area contributed by atoms with E-state index in [1.807, 2.05) is 12.1 Å². The van der Waals surface area contributed by atoms with E-state index in [0.29, 0.717) is 23.1 Å². The minimum Gasteiger partial charge on any atom is -0.508 e. The number of imide groups is 2. The van der Waals surface area contributed by atoms with Gasteiger partial charge in [-0.1, -0.05) is 48.5 Å². The van der Waals surface area contributed by atoms with Gasteiger partial charge < -0.3 is 14.9 Å². The molecule has 1 unspecified atom stereocenters. The predicted molar refractivity (Wildman–Crippen MR) is 210 cm³/mol. The number of nitrogens with one attached hydrogen (secondary N) is 1. The Morgan fingerprint density at radius 1 is 0.696 bits per heavy atom. The number of carbonyl (C=O) groups excluding carboxylic acids is 4. The molecule has 4 amide bonds. The van der Waals surface area contributed by atoms with Gasteiger partial charge in [0.25, 0.3) is 11.8 Å². The van der Waals surface area contributed by atoms with Gasteiger partial charge in [0.05, 0.1) is 11.1 Å². The number of amides is 4. The highest BCUT2D eigenvalue weighted by atomic mass is 19.1. The van der Waals surface area contributed by atoms with Gasteiger partial charge in [-0.2, -0.15) is 0 Å². The summed E-state index contributed by atoms with van der Waals surface area (Å²) in [6, 6.07) is 27.5. The molecule has 0 saturated carbocycles. The molecule has 3 fully saturated rings. The number of halogens is 1. The second-order valence-corrected chi connectivity index (χ2v) is 16.4. The quantitative estimate of drug-likeness (QED) is 0.198. The van der Waals surface area contributed by atoms with Gasteiger partial charge in [-0.25, -0.2) is 4.39 Å². The number of rotatable bonds is 7. The van der Waals surface area contributed by atoms with Crippen LogP contribution in [0, 0.1) is 11.7 Å². The Balaban J connectivity index is 0.799. The molecule has 2 N–H and O–H groups in total. The number of phenols is 1. The van der Waals surface area contributed by atoms with E-state index >= 15 is 4.39 Å². The van der Waals surface area contributed by atoms with Crippen LogP contribution in [0.2, 0.25) is 0 Å². The lowest BCUT2D eigenvalue weighted by Gasteiger charge is -2.39. The fourth-order valence-corrected chi connectivity index (χ4v) is 10.2. The highest BCUT2D eigenvalue weighted by Crippen LogP contribution is 2.47. The second kappa shape index (κ2) is 15.0. The summed E-state index contributed by atoms with van der Waals surface area (Å²) in [5.41, 5.74) is 7.04. The van der Waals surface area contributed by atoms with E-state index < -0.39 is 35.5 Å². The molecule has 10 heteroatoms. The molecule has 4 aromatic rings. The number of hydrogen-bond donors (Lipinski definition) is 2. The highest BCUT2D eigenvalue weighted by molar-refractivity contribution is 6.23. The third-order valence-corrected chi connectivity index (χ3v) is 13.1. The van der Waals surface area contributed by atoms with Crippen LogP contribution in [0.1, 0.15) is 111 Å². The Kier molecular flexibility index (Phi) is 9.69. The molecule has 0 aromatic heterocycles. The lowest BCUT2D eigenvalue weighted by molar-refractivity contribution is -0.136. The number of fused-ring (bicyclic) bond motifs is 2. The summed E-state index contributed by atoms with van der Waals surface area (Å²) in [6.07, 6.45) is 5.84. The molecule has 9 nitrogen and oxygen atoms in total. The van der Waals surface area contributed by atoms with E-state index in [-0.39, 0.29) is 35.8 Å². The van der Waals surface area contributed by atoms with Crippen molar-refractivity contribution < 1.29 is 28.7 Å². The zero-order chi connectivity index (χ0) is 38.5. The predicted octanol–water partition coefficient (Wildman–Crippen LogP) is 6.89. The normalized spacial score (nSPS) is 23.6. The zero-order valence-corrected chi connectivity index (χ0v) is 31.5. The Labute approximate surface area is 326 Å². The van der Waals surface area contributed by atoms with E-state index in [9.17, 15) is 24.3 Å². The van der Waals surface area contributed by atoms with E-state index in [1.54, 1.807) is 0 Å². The first-order valence-corrected chi connectivity index (χ1v) is 20.2. The maximum atomic E-state index is 15.5. The van der Waals surface area contributed by atoms with Crippen molar-refractivity contribution in [3.63, 3.8) is 0 Å². The maximum Gasteiger partial charge on any atom is 0.262 e. The van der Waals surface area contributed by atoms with Gasteiger partial charge in [0.1, 0.15) is 17.6 Å². The lowest BCUT2D eigenvalue weighted by Crippen LogP contribution is -2.54. The lowest BCUT2D eigenvalue weighted by atomic mass is 9.69. The Morgan fingerprint density at radius 3 is 2.12 bits per heavy atom. The fourth-order valence-electron chi connectivity index (χ4n) is 10.2. The van der Waals surface area contributed by atoms with Crippen LogP contribution in [0.25, 0.3) is 0 Å². The minimum absolute atomic E-state index is 0.0192. The molecule has 3 saturated heterocycles. The fraction of sp³-hybridized carbons (Fsp3) is 0.391. The summed E-state index contributed by atoms with van der Waals surface area (Å²) in [5, 5.41) is 12.4. The van der Waals surface area contributed by atoms with Crippen molar-refractivity contribution in [2.45, 2.75) is 75.2 Å². The van der Waals surface area contributed by atoms with Crippen molar-refractivity contribution in [3.05, 3.63) is 130 Å². The van der Waals surface area contributed by atoms with Gasteiger partial charge in [0, 0.05) is 37.7 Å². The summed E-state index contributed by atoms with van der Waals surface area (Å²) < 4.78 is 15.5. The summed E-state index contributed by atoms with van der Waals surface area (Å²) in [5.74, 6) is -1.43. The average molecular weight is 755 g/mol. The van der Waals surface area contributed by atoms with Crippen LogP contribution >= 0.6 is 0 Å². The molecule has 1 aliphatic carbocycles. The molecule has 9 rings (SSSR count). The molecular weight excluding hydrogens is 708 g/mol. The monoisotopic (exact) mass is 754 g/mol. The number of benzene rings is 4. The van der Waals surface area contributed by atoms with Crippen LogP contribution in [0.3, 0.4) is 0 Å². The number of phenolic OH excluding ortho intramolecular Hbond substituents is 1. The minimum atomic E-state index is -1.07. The summed E-state index contributed by atoms with van der Waals surface area (Å²) in [4.78, 5) is 56.5. The average Bonchev–Trinajstić information content (AvgIpc) is 3.45. The molecule has 288 valence electrons. The van der Waals surface area contributed by atoms with Gasteiger partial charge in [0.2, 0.25) is 11.8 Å². The van der Waals surface area contributed by atoms with Crippen molar-refractivity contribution in [2.75, 3.05) is 37.6 Å². The van der Waals surface area contributed by atoms with E-state index in [1.165, 1.54) is 34.0 Å². The van der Waals surface area contributed by atoms with Crippen LogP contribution in [0.15, 0.2) is 84.9 Å². The van der Waals surface area contributed by atoms with E-state index in [2.05, 4.69) is 75.8 Å². The number of anilines is 1. The molecule has 4 heterocycles. The molecule has 0 radical (unpaired) electrons. The van der Waals surface area contributed by atoms with E-state index in [0.717, 1.165) is 82.2 Å². The van der Waals surface area contributed by atoms with Crippen LogP contribution in [0.5, 0.6) is 5.75 Å². The standard InChI is InChI=1S/C46H47FN4O5/c47-40-26-39-38(45(55)51(46(39)56)41-14-15-42(53)48-44(41)54)25-37(40)30-18-20-49(21-19-30)27-28-16-22-50(23-17-28)33-9-6-31(7-10-33)43-35(29-4-2-1-3-5-29)12-8-32-24-34(52)11-13-36(32)43/h1-7,9-11,13,24-26,28,30,35,41,43,52H,8,12,14-23,27H2,(H,48,53,54)/t35-,41?,43+/m1/s1. The number of carbonyl (C=O) groups is 4. The smallest absolute Gasteiger partial charge is 0.262 e. The molecule has 4 aromatic carbocycles. The summed E-state index contributed by atoms with van der Waals surface area (Å²) >= 11 is 0. The van der Waals surface area contributed by atoms with Gasteiger partial charge in [0.15, 0.2) is 0 Å². The van der Waals surface area contributed by atoms with Crippen LogP contribution in [-0.2, 0) is 16.0 Å². The third-order valence-electron chi connectivity index (χ3n) is 13.1. The third kappa shape index (κ3) is 6.78. The van der Waals surface area contributed by atoms with Crippen molar-refractivity contribution >= 4 is 29.3 Å². The van der Waals surface area contributed by atoms with Crippen molar-refractivity contribution in [1.82, 2.24) is 15.1 Å². The molecule has 56 heavy (non-hydrogen) atoms. The molecule has 4 aliphatic heterocycles. The Morgan fingerprint density at radius 2 is 1.41 bits per heavy atom. The summed E-state index contributed by atoms with van der Waals surface area (Å²) in [7, 11) is 0. The zero-order valence-electron chi connectivity index (χ0n) is 31.5. The van der Waals surface area contributed by atoms with Crippen LogP contribution in [-0.4, -0.2) is 77.3 Å². The molecule has 3 atom stereocenters. The number of aromatic hydroxyl groups is 1. The molecule has 0 bridgehead atoms. The topological polar surface area (TPSA) is 110 Å². The summed E-state index contributed by atoms with van der Waals surface area (Å²) in [6.45, 7) is 4.69. The van der Waals surface area contributed by atoms with Gasteiger partial charge in [-0.05, 0) is 140 Å². The van der Waals surface area contributed by atoms with Gasteiger partial charge in [-0.3, -0.25) is 29.4 Å². The number of piperidine rings is 3. The van der Waals surface area contributed by atoms with Crippen LogP contribution in [0.4, 0.5) is 10.1 Å². The molecular formula is C46H47FN4O5. The number of hydrogen-bond acceptors (Lipinski definition) is 7. The maximum absolute atomic E-state index is 15.5. The van der Waals surface area contributed by atoms with Gasteiger partial charge >= 0.3 is 0 Å². The largest absolute Gasteiger partial charge is 0.508 e. The van der Waals surface area contributed by atoms with Gasteiger partial charge in [-0.15, -0.1) is 0 Å². The molecule has 0 spiro atoms. The highest BCUT2D eigenvalue weighted by Gasteiger charge is 2.45. The Hall–Kier alpha value is -5.35. The first-order chi connectivity index (χ1) is 27.2. The number of nitrogens with zero attached hydrogens (tertiary/aromatic N) is 3.